The summed E-state index contributed by atoms with van der Waals surface area (Å²) in [6.07, 6.45) is 4.07. The normalized spacial score (nSPS) is 29.6. The number of hydrogen-bond acceptors (Lipinski definition) is 3. The fraction of sp³-hybridized carbons (Fsp3) is 0.538. The molecule has 0 amide bonds. The molecule has 7 heteroatoms. The summed E-state index contributed by atoms with van der Waals surface area (Å²) in [6, 6.07) is 6.08. The van der Waals surface area contributed by atoms with Crippen LogP contribution in [0.3, 0.4) is 0 Å². The predicted octanol–water partition coefficient (Wildman–Crippen LogP) is 2.77. The third-order valence-electron chi connectivity index (χ3n) is 3.98. The molecule has 2 aliphatic rings. The number of benzene rings is 1. The van der Waals surface area contributed by atoms with Gasteiger partial charge < -0.3 is 5.32 Å². The number of nitrogens with one attached hydrogen (secondary N) is 2. The van der Waals surface area contributed by atoms with E-state index < -0.39 is 10.0 Å². The van der Waals surface area contributed by atoms with E-state index in [0.717, 1.165) is 30.2 Å². The topological polar surface area (TPSA) is 58.2 Å². The van der Waals surface area contributed by atoms with Crippen LogP contribution in [0.25, 0.3) is 0 Å². The van der Waals surface area contributed by atoms with Gasteiger partial charge in [0.25, 0.3) is 0 Å². The maximum absolute atomic E-state index is 12.5. The fourth-order valence-electron chi connectivity index (χ4n) is 3.13. The summed E-state index contributed by atoms with van der Waals surface area (Å²) in [5.74, 6) is 0. The molecule has 0 saturated carbocycles. The molecule has 2 unspecified atom stereocenters. The molecule has 0 aliphatic carbocycles. The lowest BCUT2D eigenvalue weighted by atomic mass is 10.0. The van der Waals surface area contributed by atoms with Gasteiger partial charge in [-0.05, 0) is 59.8 Å². The zero-order valence-electron chi connectivity index (χ0n) is 10.8. The molecule has 2 fully saturated rings. The van der Waals surface area contributed by atoms with Crippen molar-refractivity contribution < 1.29 is 8.42 Å². The summed E-state index contributed by atoms with van der Waals surface area (Å²) in [5.41, 5.74) is 0. The highest BCUT2D eigenvalue weighted by Gasteiger charge is 2.35. The molecule has 2 N–H and O–H groups in total. The molecule has 1 aromatic rings. The Balaban J connectivity index is 1.78. The highest BCUT2D eigenvalue weighted by molar-refractivity contribution is 9.11. The van der Waals surface area contributed by atoms with Crippen LogP contribution in [0.1, 0.15) is 25.7 Å². The van der Waals surface area contributed by atoms with Gasteiger partial charge in [0.15, 0.2) is 0 Å². The van der Waals surface area contributed by atoms with Crippen LogP contribution in [-0.4, -0.2) is 26.5 Å². The first-order chi connectivity index (χ1) is 9.44. The van der Waals surface area contributed by atoms with E-state index in [-0.39, 0.29) is 6.04 Å². The molecule has 2 saturated heterocycles. The Kier molecular flexibility index (Phi) is 4.25. The van der Waals surface area contributed by atoms with Gasteiger partial charge in [-0.1, -0.05) is 15.9 Å². The van der Waals surface area contributed by atoms with E-state index in [9.17, 15) is 8.42 Å². The van der Waals surface area contributed by atoms with Crippen molar-refractivity contribution in [1.29, 1.82) is 0 Å². The Morgan fingerprint density at radius 1 is 1.15 bits per heavy atom. The van der Waals surface area contributed by atoms with Gasteiger partial charge in [-0.15, -0.1) is 0 Å². The number of hydrogen-bond donors (Lipinski definition) is 2. The van der Waals surface area contributed by atoms with E-state index in [0.29, 0.717) is 21.5 Å². The molecule has 2 bridgehead atoms. The van der Waals surface area contributed by atoms with Gasteiger partial charge in [0.05, 0.1) is 4.90 Å². The molecular weight excluding hydrogens is 408 g/mol. The molecule has 0 spiro atoms. The fourth-order valence-corrected chi connectivity index (χ4v) is 6.14. The smallest absolute Gasteiger partial charge is 0.241 e. The van der Waals surface area contributed by atoms with Gasteiger partial charge in [0.1, 0.15) is 0 Å². The minimum absolute atomic E-state index is 0.0364. The molecular formula is C13H16Br2N2O2S. The quantitative estimate of drug-likeness (QED) is 0.785. The number of sulfonamides is 1. The minimum atomic E-state index is -3.47. The van der Waals surface area contributed by atoms with E-state index in [1.807, 2.05) is 0 Å². The Morgan fingerprint density at radius 2 is 1.80 bits per heavy atom. The van der Waals surface area contributed by atoms with Gasteiger partial charge in [-0.2, -0.15) is 0 Å². The van der Waals surface area contributed by atoms with Crippen molar-refractivity contribution in [2.45, 2.75) is 48.7 Å². The summed E-state index contributed by atoms with van der Waals surface area (Å²) < 4.78 is 29.3. The monoisotopic (exact) mass is 422 g/mol. The van der Waals surface area contributed by atoms with Crippen LogP contribution < -0.4 is 10.0 Å². The number of rotatable bonds is 3. The van der Waals surface area contributed by atoms with E-state index >= 15 is 0 Å². The van der Waals surface area contributed by atoms with Gasteiger partial charge >= 0.3 is 0 Å². The van der Waals surface area contributed by atoms with Crippen molar-refractivity contribution >= 4 is 41.9 Å². The average molecular weight is 424 g/mol. The highest BCUT2D eigenvalue weighted by atomic mass is 79.9. The van der Waals surface area contributed by atoms with Crippen molar-refractivity contribution in [3.05, 3.63) is 27.1 Å². The third-order valence-corrected chi connectivity index (χ3v) is 6.97. The molecule has 110 valence electrons. The Morgan fingerprint density at radius 3 is 2.40 bits per heavy atom. The number of piperidine rings is 1. The maximum Gasteiger partial charge on any atom is 0.241 e. The van der Waals surface area contributed by atoms with E-state index in [1.165, 1.54) is 0 Å². The molecule has 1 aromatic carbocycles. The second-order valence-electron chi connectivity index (χ2n) is 5.50. The van der Waals surface area contributed by atoms with Gasteiger partial charge in [0, 0.05) is 27.1 Å². The number of halogens is 2. The molecule has 0 radical (unpaired) electrons. The second-order valence-corrected chi connectivity index (χ2v) is 8.95. The van der Waals surface area contributed by atoms with Gasteiger partial charge in [-0.25, -0.2) is 13.1 Å². The van der Waals surface area contributed by atoms with Crippen molar-refractivity contribution in [3.8, 4) is 0 Å². The highest BCUT2D eigenvalue weighted by Crippen LogP contribution is 2.29. The Labute approximate surface area is 136 Å². The lowest BCUT2D eigenvalue weighted by Gasteiger charge is -2.29. The zero-order chi connectivity index (χ0) is 14.3. The van der Waals surface area contributed by atoms with Crippen LogP contribution in [0.15, 0.2) is 32.0 Å². The van der Waals surface area contributed by atoms with E-state index in [2.05, 4.69) is 41.9 Å². The summed E-state index contributed by atoms with van der Waals surface area (Å²) in [7, 11) is -3.47. The molecule has 3 rings (SSSR count). The van der Waals surface area contributed by atoms with E-state index in [1.54, 1.807) is 18.2 Å². The summed E-state index contributed by atoms with van der Waals surface area (Å²) in [4.78, 5) is 0.298. The number of fused-ring (bicyclic) bond motifs is 2. The Hall–Kier alpha value is 0.0500. The Bertz CT molecular complexity index is 609. The molecule has 0 aromatic heterocycles. The molecule has 2 atom stereocenters. The molecule has 4 nitrogen and oxygen atoms in total. The summed E-state index contributed by atoms with van der Waals surface area (Å²) >= 11 is 6.65. The van der Waals surface area contributed by atoms with Crippen LogP contribution in [0.4, 0.5) is 0 Å². The van der Waals surface area contributed by atoms with Crippen molar-refractivity contribution in [1.82, 2.24) is 10.0 Å². The maximum atomic E-state index is 12.5. The second kappa shape index (κ2) is 5.68. The summed E-state index contributed by atoms with van der Waals surface area (Å²) in [6.45, 7) is 0. The first kappa shape index (κ1) is 15.0. The average Bonchev–Trinajstić information content (AvgIpc) is 2.67. The van der Waals surface area contributed by atoms with Crippen LogP contribution >= 0.6 is 31.9 Å². The molecule has 2 heterocycles. The van der Waals surface area contributed by atoms with Gasteiger partial charge in [-0.3, -0.25) is 0 Å². The summed E-state index contributed by atoms with van der Waals surface area (Å²) in [5, 5.41) is 3.51. The lowest BCUT2D eigenvalue weighted by molar-refractivity contribution is 0.345. The lowest BCUT2D eigenvalue weighted by Crippen LogP contribution is -2.47. The van der Waals surface area contributed by atoms with Gasteiger partial charge in [0.2, 0.25) is 10.0 Å². The van der Waals surface area contributed by atoms with Crippen LogP contribution in [0.5, 0.6) is 0 Å². The SMILES string of the molecule is O=S(=O)(NC1CC2CCC(C1)N2)c1ccc(Br)cc1Br. The first-order valence-corrected chi connectivity index (χ1v) is 9.74. The largest absolute Gasteiger partial charge is 0.311 e. The molecule has 2 aliphatic heterocycles. The standard InChI is InChI=1S/C13H16Br2N2O2S/c14-8-1-4-13(12(15)5-8)20(18,19)17-11-6-9-2-3-10(7-11)16-9/h1,4-5,9-11,16-17H,2-3,6-7H2. The van der Waals surface area contributed by atoms with Crippen LogP contribution in [0, 0.1) is 0 Å². The minimum Gasteiger partial charge on any atom is -0.311 e. The van der Waals surface area contributed by atoms with Crippen LogP contribution in [0.2, 0.25) is 0 Å². The van der Waals surface area contributed by atoms with E-state index in [4.69, 9.17) is 0 Å². The first-order valence-electron chi connectivity index (χ1n) is 6.67. The predicted molar refractivity (Wildman–Crippen MR) is 85.1 cm³/mol. The van der Waals surface area contributed by atoms with Crippen molar-refractivity contribution in [2.75, 3.05) is 0 Å². The third kappa shape index (κ3) is 3.11. The molecule has 20 heavy (non-hydrogen) atoms. The van der Waals surface area contributed by atoms with Crippen molar-refractivity contribution in [2.24, 2.45) is 0 Å². The van der Waals surface area contributed by atoms with Crippen LogP contribution in [-0.2, 0) is 10.0 Å². The zero-order valence-corrected chi connectivity index (χ0v) is 14.8. The van der Waals surface area contributed by atoms with Crippen molar-refractivity contribution in [3.63, 3.8) is 0 Å².